The molecule has 2 rings (SSSR count). The first-order chi connectivity index (χ1) is 10.6. The summed E-state index contributed by atoms with van der Waals surface area (Å²) in [6, 6.07) is 11.2. The zero-order valence-corrected chi connectivity index (χ0v) is 14.3. The average molecular weight is 308 g/mol. The van der Waals surface area contributed by atoms with Crippen molar-refractivity contribution in [3.8, 4) is 11.5 Å². The molecule has 0 fully saturated rings. The predicted octanol–water partition coefficient (Wildman–Crippen LogP) is 5.49. The van der Waals surface area contributed by atoms with Crippen LogP contribution in [0.2, 0.25) is 0 Å². The maximum atomic E-state index is 9.99. The van der Waals surface area contributed by atoms with Crippen molar-refractivity contribution in [3.05, 3.63) is 71.8 Å². The molecule has 0 saturated heterocycles. The van der Waals surface area contributed by atoms with Gasteiger partial charge in [0.25, 0.3) is 0 Å². The fourth-order valence-corrected chi connectivity index (χ4v) is 2.70. The van der Waals surface area contributed by atoms with Crippen LogP contribution >= 0.6 is 0 Å². The summed E-state index contributed by atoms with van der Waals surface area (Å²) in [5.74, 6) is 0.482. The summed E-state index contributed by atoms with van der Waals surface area (Å²) in [5, 5.41) is 20.0. The Morgan fingerprint density at radius 1 is 0.783 bits per heavy atom. The van der Waals surface area contributed by atoms with Gasteiger partial charge in [0.2, 0.25) is 0 Å². The van der Waals surface area contributed by atoms with Crippen LogP contribution in [-0.2, 0) is 5.41 Å². The van der Waals surface area contributed by atoms with Crippen LogP contribution in [-0.4, -0.2) is 10.2 Å². The first kappa shape index (κ1) is 16.9. The Bertz CT molecular complexity index is 717. The summed E-state index contributed by atoms with van der Waals surface area (Å²) in [5.41, 5.74) is 5.04. The minimum Gasteiger partial charge on any atom is -0.507 e. The van der Waals surface area contributed by atoms with Crippen molar-refractivity contribution in [2.75, 3.05) is 0 Å². The number of phenolic OH excluding ortho intramolecular Hbond substituents is 2. The van der Waals surface area contributed by atoms with Gasteiger partial charge >= 0.3 is 0 Å². The third-order valence-electron chi connectivity index (χ3n) is 4.36. The Morgan fingerprint density at radius 2 is 1.13 bits per heavy atom. The van der Waals surface area contributed by atoms with E-state index in [2.05, 4.69) is 27.0 Å². The number of hydrogen-bond donors (Lipinski definition) is 2. The number of benzene rings is 2. The molecule has 23 heavy (non-hydrogen) atoms. The normalized spacial score (nSPS) is 11.3. The molecule has 0 spiro atoms. The van der Waals surface area contributed by atoms with Crippen LogP contribution in [0.4, 0.5) is 0 Å². The van der Waals surface area contributed by atoms with E-state index < -0.39 is 0 Å². The predicted molar refractivity (Wildman–Crippen MR) is 97.8 cm³/mol. The molecule has 0 radical (unpaired) electrons. The molecule has 2 nitrogen and oxygen atoms in total. The topological polar surface area (TPSA) is 40.5 Å². The van der Waals surface area contributed by atoms with Gasteiger partial charge in [-0.2, -0.15) is 0 Å². The molecule has 0 saturated carbocycles. The van der Waals surface area contributed by atoms with Crippen molar-refractivity contribution in [1.29, 1.82) is 0 Å². The number of phenols is 2. The second-order valence-corrected chi connectivity index (χ2v) is 6.65. The van der Waals surface area contributed by atoms with Gasteiger partial charge in [-0.3, -0.25) is 0 Å². The third-order valence-corrected chi connectivity index (χ3v) is 4.36. The molecule has 2 aromatic carbocycles. The standard InChI is InChI=1S/C21H24O2/c1-13(2)17-11-15(7-9-19(17)22)21(5,6)16-8-10-20(23)18(12-16)14(3)4/h7-12,22-23H,1,3H2,2,4-6H3. The lowest BCUT2D eigenvalue weighted by molar-refractivity contribution is 0.472. The van der Waals surface area contributed by atoms with Gasteiger partial charge < -0.3 is 10.2 Å². The first-order valence-electron chi connectivity index (χ1n) is 7.63. The highest BCUT2D eigenvalue weighted by atomic mass is 16.3. The minimum absolute atomic E-state index is 0.241. The SMILES string of the molecule is C=C(C)c1cc(C(C)(C)c2ccc(O)c(C(=C)C)c2)ccc1O. The lowest BCUT2D eigenvalue weighted by atomic mass is 9.76. The summed E-state index contributed by atoms with van der Waals surface area (Å²) in [6.07, 6.45) is 0. The Hall–Kier alpha value is -2.48. The van der Waals surface area contributed by atoms with Crippen LogP contribution < -0.4 is 0 Å². The van der Waals surface area contributed by atoms with Crippen LogP contribution in [0.5, 0.6) is 11.5 Å². The molecule has 0 heterocycles. The van der Waals surface area contributed by atoms with Gasteiger partial charge in [0.15, 0.2) is 0 Å². The lowest BCUT2D eigenvalue weighted by Crippen LogP contribution is -2.19. The largest absolute Gasteiger partial charge is 0.507 e. The van der Waals surface area contributed by atoms with E-state index >= 15 is 0 Å². The fraction of sp³-hybridized carbons (Fsp3) is 0.238. The van der Waals surface area contributed by atoms with Crippen LogP contribution in [0.25, 0.3) is 11.1 Å². The molecule has 0 aromatic heterocycles. The quantitative estimate of drug-likeness (QED) is 0.784. The Balaban J connectivity index is 2.58. The van der Waals surface area contributed by atoms with Crippen molar-refractivity contribution < 1.29 is 10.2 Å². The van der Waals surface area contributed by atoms with Crippen molar-refractivity contribution in [1.82, 2.24) is 0 Å². The molecule has 0 aliphatic heterocycles. The molecular weight excluding hydrogens is 284 g/mol. The van der Waals surface area contributed by atoms with Crippen LogP contribution in [0.1, 0.15) is 49.9 Å². The molecule has 2 aromatic rings. The second-order valence-electron chi connectivity index (χ2n) is 6.65. The van der Waals surface area contributed by atoms with E-state index in [1.54, 1.807) is 12.1 Å². The molecule has 0 atom stereocenters. The van der Waals surface area contributed by atoms with Crippen LogP contribution in [0.3, 0.4) is 0 Å². The Kier molecular flexibility index (Phi) is 4.37. The zero-order chi connectivity index (χ0) is 17.4. The number of hydrogen-bond acceptors (Lipinski definition) is 2. The van der Waals surface area contributed by atoms with E-state index in [9.17, 15) is 10.2 Å². The van der Waals surface area contributed by atoms with Gasteiger partial charge in [0.1, 0.15) is 11.5 Å². The molecule has 0 bridgehead atoms. The van der Waals surface area contributed by atoms with E-state index in [4.69, 9.17) is 0 Å². The Morgan fingerprint density at radius 3 is 1.43 bits per heavy atom. The molecule has 0 aliphatic rings. The van der Waals surface area contributed by atoms with Gasteiger partial charge in [-0.25, -0.2) is 0 Å². The lowest BCUT2D eigenvalue weighted by Gasteiger charge is -2.28. The van der Waals surface area contributed by atoms with Crippen molar-refractivity contribution in [3.63, 3.8) is 0 Å². The first-order valence-corrected chi connectivity index (χ1v) is 7.63. The smallest absolute Gasteiger partial charge is 0.123 e. The summed E-state index contributed by atoms with van der Waals surface area (Å²) in [7, 11) is 0. The van der Waals surface area contributed by atoms with Crippen molar-refractivity contribution in [2.45, 2.75) is 33.1 Å². The highest BCUT2D eigenvalue weighted by molar-refractivity contribution is 5.70. The van der Waals surface area contributed by atoms with Crippen molar-refractivity contribution >= 4 is 11.1 Å². The monoisotopic (exact) mass is 308 g/mol. The highest BCUT2D eigenvalue weighted by Crippen LogP contribution is 2.37. The minimum atomic E-state index is -0.282. The Labute approximate surface area is 138 Å². The number of allylic oxidation sites excluding steroid dienone is 2. The maximum absolute atomic E-state index is 9.99. The van der Waals surface area contributed by atoms with E-state index in [1.165, 1.54) is 0 Å². The molecule has 120 valence electrons. The van der Waals surface area contributed by atoms with Gasteiger partial charge in [-0.15, -0.1) is 0 Å². The highest BCUT2D eigenvalue weighted by Gasteiger charge is 2.25. The number of rotatable bonds is 4. The average Bonchev–Trinajstić information content (AvgIpc) is 2.47. The number of aromatic hydroxyl groups is 2. The molecule has 2 heteroatoms. The zero-order valence-electron chi connectivity index (χ0n) is 14.3. The van der Waals surface area contributed by atoms with E-state index in [1.807, 2.05) is 38.1 Å². The third kappa shape index (κ3) is 3.16. The summed E-state index contributed by atoms with van der Waals surface area (Å²) in [6.45, 7) is 15.9. The van der Waals surface area contributed by atoms with Gasteiger partial charge in [0, 0.05) is 16.5 Å². The van der Waals surface area contributed by atoms with E-state index in [0.717, 1.165) is 33.4 Å². The van der Waals surface area contributed by atoms with Crippen LogP contribution in [0.15, 0.2) is 49.6 Å². The molecular formula is C21H24O2. The van der Waals surface area contributed by atoms with Crippen molar-refractivity contribution in [2.24, 2.45) is 0 Å². The molecule has 0 amide bonds. The maximum Gasteiger partial charge on any atom is 0.123 e. The summed E-state index contributed by atoms with van der Waals surface area (Å²) in [4.78, 5) is 0. The van der Waals surface area contributed by atoms with Gasteiger partial charge in [-0.05, 0) is 60.4 Å². The van der Waals surface area contributed by atoms with Crippen LogP contribution in [0, 0.1) is 0 Å². The summed E-state index contributed by atoms with van der Waals surface area (Å²) >= 11 is 0. The van der Waals surface area contributed by atoms with E-state index in [-0.39, 0.29) is 16.9 Å². The molecule has 0 unspecified atom stereocenters. The second kappa shape index (κ2) is 5.96. The van der Waals surface area contributed by atoms with Gasteiger partial charge in [0.05, 0.1) is 0 Å². The van der Waals surface area contributed by atoms with Gasteiger partial charge in [-0.1, -0.05) is 39.1 Å². The van der Waals surface area contributed by atoms with E-state index in [0.29, 0.717) is 0 Å². The molecule has 0 aliphatic carbocycles. The summed E-state index contributed by atoms with van der Waals surface area (Å²) < 4.78 is 0. The fourth-order valence-electron chi connectivity index (χ4n) is 2.70. The molecule has 2 N–H and O–H groups in total.